The van der Waals surface area contributed by atoms with Crippen LogP contribution in [-0.4, -0.2) is 35.2 Å². The van der Waals surface area contributed by atoms with Gasteiger partial charge in [-0.15, -0.1) is 0 Å². The van der Waals surface area contributed by atoms with Crippen molar-refractivity contribution >= 4 is 20.0 Å². The summed E-state index contributed by atoms with van der Waals surface area (Å²) in [7, 11) is -7.17. The van der Waals surface area contributed by atoms with Crippen LogP contribution < -0.4 is 9.44 Å². The molecular formula is C13H20N2O5S2. The normalized spacial score (nSPS) is 15.8. The Hall–Kier alpha value is -1.00. The topological polar surface area (TPSA) is 102 Å². The molecule has 9 heteroatoms. The second kappa shape index (κ2) is 5.89. The Morgan fingerprint density at radius 3 is 2.50 bits per heavy atom. The molecule has 0 bridgehead atoms. The van der Waals surface area contributed by atoms with Crippen LogP contribution >= 0.6 is 0 Å². The third-order valence-electron chi connectivity index (χ3n) is 3.21. The minimum atomic E-state index is -3.78. The van der Waals surface area contributed by atoms with Crippen molar-refractivity contribution in [3.63, 3.8) is 0 Å². The van der Waals surface area contributed by atoms with Gasteiger partial charge in [-0.2, -0.15) is 0 Å². The van der Waals surface area contributed by atoms with Crippen LogP contribution in [0.15, 0.2) is 23.1 Å². The second-order valence-corrected chi connectivity index (χ2v) is 9.45. The summed E-state index contributed by atoms with van der Waals surface area (Å²) in [6, 6.07) is 5.03. The molecule has 1 aliphatic rings. The number of benzene rings is 1. The van der Waals surface area contributed by atoms with Crippen LogP contribution in [0.2, 0.25) is 0 Å². The first-order valence-corrected chi connectivity index (χ1v) is 10.0. The molecule has 1 heterocycles. The first kappa shape index (κ1) is 17.4. The van der Waals surface area contributed by atoms with E-state index in [1.807, 2.05) is 6.07 Å². The summed E-state index contributed by atoms with van der Waals surface area (Å²) in [5.74, 6) is 0. The van der Waals surface area contributed by atoms with Crippen LogP contribution in [0.3, 0.4) is 0 Å². The van der Waals surface area contributed by atoms with Gasteiger partial charge in [0.15, 0.2) is 0 Å². The fourth-order valence-electron chi connectivity index (χ4n) is 2.19. The van der Waals surface area contributed by atoms with Gasteiger partial charge in [0.2, 0.25) is 20.0 Å². The van der Waals surface area contributed by atoms with E-state index in [0.717, 1.165) is 11.8 Å². The van der Waals surface area contributed by atoms with Crippen molar-refractivity contribution in [3.05, 3.63) is 29.3 Å². The monoisotopic (exact) mass is 348 g/mol. The van der Waals surface area contributed by atoms with Gasteiger partial charge >= 0.3 is 0 Å². The molecular weight excluding hydrogens is 328 g/mol. The van der Waals surface area contributed by atoms with Crippen LogP contribution in [0.4, 0.5) is 0 Å². The van der Waals surface area contributed by atoms with Gasteiger partial charge in [0.1, 0.15) is 0 Å². The Labute approximate surface area is 131 Å². The Balaban J connectivity index is 2.23. The summed E-state index contributed by atoms with van der Waals surface area (Å²) < 4.78 is 57.6. The van der Waals surface area contributed by atoms with Crippen LogP contribution in [0, 0.1) is 0 Å². The van der Waals surface area contributed by atoms with E-state index in [-0.39, 0.29) is 18.0 Å². The Morgan fingerprint density at radius 1 is 1.18 bits per heavy atom. The molecule has 0 aromatic heterocycles. The maximum atomic E-state index is 12.6. The minimum Gasteiger partial charge on any atom is -0.372 e. The minimum absolute atomic E-state index is 0.0451. The standard InChI is InChI=1S/C13H20N2O5S2/c1-13(2,9-14-21(3,16)17)15-22(18,19)12-6-4-5-10-7-20-8-11(10)12/h4-6,14-15H,7-9H2,1-3H3. The van der Waals surface area contributed by atoms with Crippen LogP contribution in [0.1, 0.15) is 25.0 Å². The largest absolute Gasteiger partial charge is 0.372 e. The molecule has 124 valence electrons. The zero-order valence-electron chi connectivity index (χ0n) is 12.7. The number of hydrogen-bond acceptors (Lipinski definition) is 5. The van der Waals surface area contributed by atoms with E-state index in [9.17, 15) is 16.8 Å². The average Bonchev–Trinajstić information content (AvgIpc) is 2.82. The Kier molecular flexibility index (Phi) is 4.65. The fraction of sp³-hybridized carbons (Fsp3) is 0.538. The molecule has 0 fully saturated rings. The van der Waals surface area contributed by atoms with E-state index >= 15 is 0 Å². The van der Waals surface area contributed by atoms with Crippen LogP contribution in [0.5, 0.6) is 0 Å². The number of ether oxygens (including phenoxy) is 1. The first-order valence-electron chi connectivity index (χ1n) is 6.67. The van der Waals surface area contributed by atoms with Gasteiger partial charge in [-0.05, 0) is 25.5 Å². The lowest BCUT2D eigenvalue weighted by Crippen LogP contribution is -2.51. The van der Waals surface area contributed by atoms with Gasteiger partial charge < -0.3 is 4.74 Å². The van der Waals surface area contributed by atoms with Crippen LogP contribution in [0.25, 0.3) is 0 Å². The summed E-state index contributed by atoms with van der Waals surface area (Å²) in [6.45, 7) is 3.84. The van der Waals surface area contributed by atoms with E-state index in [2.05, 4.69) is 9.44 Å². The van der Waals surface area contributed by atoms with Crippen molar-refractivity contribution in [1.29, 1.82) is 0 Å². The molecule has 1 aromatic rings. The molecule has 1 aromatic carbocycles. The van der Waals surface area contributed by atoms with E-state index in [1.165, 1.54) is 6.07 Å². The molecule has 0 atom stereocenters. The molecule has 0 unspecified atom stereocenters. The highest BCUT2D eigenvalue weighted by Gasteiger charge is 2.30. The van der Waals surface area contributed by atoms with Crippen molar-refractivity contribution in [2.24, 2.45) is 0 Å². The Morgan fingerprint density at radius 2 is 1.86 bits per heavy atom. The van der Waals surface area contributed by atoms with Crippen molar-refractivity contribution in [2.45, 2.75) is 37.5 Å². The summed E-state index contributed by atoms with van der Waals surface area (Å²) in [5, 5.41) is 0. The van der Waals surface area contributed by atoms with E-state index < -0.39 is 25.6 Å². The molecule has 1 aliphatic heterocycles. The van der Waals surface area contributed by atoms with Crippen LogP contribution in [-0.2, 0) is 38.0 Å². The molecule has 2 rings (SSSR count). The van der Waals surface area contributed by atoms with E-state index in [0.29, 0.717) is 12.2 Å². The summed E-state index contributed by atoms with van der Waals surface area (Å²) in [4.78, 5) is 0.176. The molecule has 7 nitrogen and oxygen atoms in total. The zero-order valence-corrected chi connectivity index (χ0v) is 14.3. The van der Waals surface area contributed by atoms with Crippen molar-refractivity contribution in [2.75, 3.05) is 12.8 Å². The van der Waals surface area contributed by atoms with Crippen molar-refractivity contribution in [1.82, 2.24) is 9.44 Å². The summed E-state index contributed by atoms with van der Waals surface area (Å²) >= 11 is 0. The zero-order chi connectivity index (χ0) is 16.6. The van der Waals surface area contributed by atoms with E-state index in [1.54, 1.807) is 19.9 Å². The highest BCUT2D eigenvalue weighted by Crippen LogP contribution is 2.27. The number of rotatable bonds is 6. The average molecular weight is 348 g/mol. The quantitative estimate of drug-likeness (QED) is 0.771. The number of nitrogens with one attached hydrogen (secondary N) is 2. The lowest BCUT2D eigenvalue weighted by Gasteiger charge is -2.26. The van der Waals surface area contributed by atoms with E-state index in [4.69, 9.17) is 4.74 Å². The lowest BCUT2D eigenvalue weighted by molar-refractivity contribution is 0.133. The number of hydrogen-bond donors (Lipinski definition) is 2. The number of fused-ring (bicyclic) bond motifs is 1. The summed E-state index contributed by atoms with van der Waals surface area (Å²) in [5.41, 5.74) is 0.543. The predicted octanol–water partition coefficient (Wildman–Crippen LogP) is 0.323. The molecule has 2 N–H and O–H groups in total. The number of sulfonamides is 2. The lowest BCUT2D eigenvalue weighted by atomic mass is 10.1. The molecule has 0 radical (unpaired) electrons. The molecule has 0 spiro atoms. The molecule has 0 aliphatic carbocycles. The smallest absolute Gasteiger partial charge is 0.241 e. The molecule has 22 heavy (non-hydrogen) atoms. The highest BCUT2D eigenvalue weighted by atomic mass is 32.2. The van der Waals surface area contributed by atoms with Gasteiger partial charge in [0.25, 0.3) is 0 Å². The van der Waals surface area contributed by atoms with Gasteiger partial charge in [0, 0.05) is 17.6 Å². The van der Waals surface area contributed by atoms with Gasteiger partial charge in [-0.1, -0.05) is 12.1 Å². The molecule has 0 saturated heterocycles. The summed E-state index contributed by atoms with van der Waals surface area (Å²) in [6.07, 6.45) is 1.03. The predicted molar refractivity (Wildman–Crippen MR) is 82.2 cm³/mol. The maximum absolute atomic E-state index is 12.6. The molecule has 0 saturated carbocycles. The highest BCUT2D eigenvalue weighted by molar-refractivity contribution is 7.89. The maximum Gasteiger partial charge on any atom is 0.241 e. The second-order valence-electron chi connectivity index (χ2n) is 5.97. The fourth-order valence-corrected chi connectivity index (χ4v) is 4.50. The SMILES string of the molecule is CC(C)(CNS(C)(=O)=O)NS(=O)(=O)c1cccc2c1COC2. The van der Waals surface area contributed by atoms with Gasteiger partial charge in [-0.25, -0.2) is 26.3 Å². The third-order valence-corrected chi connectivity index (χ3v) is 5.66. The Bertz CT molecular complexity index is 770. The van der Waals surface area contributed by atoms with Gasteiger partial charge in [0.05, 0.1) is 24.4 Å². The van der Waals surface area contributed by atoms with Gasteiger partial charge in [-0.3, -0.25) is 0 Å². The van der Waals surface area contributed by atoms with Crippen molar-refractivity contribution in [3.8, 4) is 0 Å². The third kappa shape index (κ3) is 4.26. The first-order chi connectivity index (χ1) is 10.0. The molecule has 0 amide bonds. The van der Waals surface area contributed by atoms with Crippen molar-refractivity contribution < 1.29 is 21.6 Å².